The fourth-order valence-corrected chi connectivity index (χ4v) is 6.22. The van der Waals surface area contributed by atoms with E-state index in [1.807, 2.05) is 0 Å². The zero-order valence-corrected chi connectivity index (χ0v) is 23.8. The molecule has 8 N–H and O–H groups in total. The SMILES string of the molecule is CN1C(=O)c2ccccc2SSc2ccccc2NC(=O)[C@H](CC(=O)O)NC(=O)CNC(=O)[C@H]1CCCN=C(N)N. The van der Waals surface area contributed by atoms with Gasteiger partial charge >= 0.3 is 5.97 Å². The topological polar surface area (TPSA) is 209 Å². The van der Waals surface area contributed by atoms with E-state index in [0.29, 0.717) is 27.5 Å². The summed E-state index contributed by atoms with van der Waals surface area (Å²) in [6.45, 7) is -0.323. The fraction of sp³-hybridized carbons (Fsp3) is 0.308. The van der Waals surface area contributed by atoms with Gasteiger partial charge in [-0.1, -0.05) is 45.9 Å². The first-order valence-corrected chi connectivity index (χ1v) is 14.7. The Labute approximate surface area is 244 Å². The van der Waals surface area contributed by atoms with Crippen molar-refractivity contribution in [1.82, 2.24) is 15.5 Å². The number of nitrogens with one attached hydrogen (secondary N) is 3. The van der Waals surface area contributed by atoms with Gasteiger partial charge in [0.2, 0.25) is 17.7 Å². The Kier molecular flexibility index (Phi) is 11.4. The minimum absolute atomic E-state index is 0.102. The third-order valence-electron chi connectivity index (χ3n) is 5.96. The van der Waals surface area contributed by atoms with Crippen LogP contribution in [0.2, 0.25) is 0 Å². The number of hydrogen-bond donors (Lipinski definition) is 6. The number of benzene rings is 2. The van der Waals surface area contributed by atoms with Gasteiger partial charge < -0.3 is 37.4 Å². The van der Waals surface area contributed by atoms with Crippen LogP contribution in [-0.4, -0.2) is 77.8 Å². The van der Waals surface area contributed by atoms with Crippen molar-refractivity contribution in [2.24, 2.45) is 16.5 Å². The number of amides is 4. The molecule has 2 aromatic rings. The molecule has 4 amide bonds. The van der Waals surface area contributed by atoms with Crippen molar-refractivity contribution in [3.8, 4) is 0 Å². The van der Waals surface area contributed by atoms with Gasteiger partial charge in [0.05, 0.1) is 24.2 Å². The molecule has 0 fully saturated rings. The standard InChI is InChI=1S/C26H31N7O6S2/c1-33-18(9-6-12-29-26(27)28)24(38)30-14-21(34)31-17(13-22(35)36)23(37)32-16-8-3-5-11-20(16)41-40-19-10-4-2-7-15(19)25(33)39/h2-5,7-8,10-11,17-18H,6,9,12-14H2,1H3,(H,30,38)(H,31,34)(H,32,37)(H,35,36)(H4,27,28,29)/t17-,18+/m0/s1. The number of rotatable bonds is 6. The van der Waals surface area contributed by atoms with Gasteiger partial charge in [-0.15, -0.1) is 0 Å². The number of aliphatic imine (C=N–C) groups is 1. The Hall–Kier alpha value is -4.24. The summed E-state index contributed by atoms with van der Waals surface area (Å²) in [5.41, 5.74) is 11.5. The van der Waals surface area contributed by atoms with E-state index in [1.54, 1.807) is 48.5 Å². The highest BCUT2D eigenvalue weighted by molar-refractivity contribution is 8.76. The molecular formula is C26H31N7O6S2. The first-order valence-electron chi connectivity index (χ1n) is 12.5. The van der Waals surface area contributed by atoms with Crippen LogP contribution < -0.4 is 27.4 Å². The van der Waals surface area contributed by atoms with E-state index in [1.165, 1.54) is 33.5 Å². The molecule has 1 aliphatic heterocycles. The second-order valence-electron chi connectivity index (χ2n) is 8.96. The summed E-state index contributed by atoms with van der Waals surface area (Å²) in [5, 5.41) is 16.9. The van der Waals surface area contributed by atoms with Gasteiger partial charge in [-0.05, 0) is 37.1 Å². The van der Waals surface area contributed by atoms with Gasteiger partial charge in [0.25, 0.3) is 5.91 Å². The molecule has 1 heterocycles. The molecule has 0 spiro atoms. The molecule has 13 nitrogen and oxygen atoms in total. The lowest BCUT2D eigenvalue weighted by molar-refractivity contribution is -0.140. The van der Waals surface area contributed by atoms with Crippen molar-refractivity contribution < 1.29 is 29.1 Å². The van der Waals surface area contributed by atoms with E-state index in [2.05, 4.69) is 20.9 Å². The summed E-state index contributed by atoms with van der Waals surface area (Å²) in [5.74, 6) is -3.93. The van der Waals surface area contributed by atoms with E-state index in [0.717, 1.165) is 0 Å². The highest BCUT2D eigenvalue weighted by Crippen LogP contribution is 2.42. The van der Waals surface area contributed by atoms with E-state index in [-0.39, 0.29) is 18.9 Å². The number of hydrogen-bond acceptors (Lipinski definition) is 8. The lowest BCUT2D eigenvalue weighted by Gasteiger charge is -2.28. The monoisotopic (exact) mass is 601 g/mol. The quantitative estimate of drug-likeness (QED) is 0.120. The number of carboxylic acid groups (broad SMARTS) is 1. The van der Waals surface area contributed by atoms with Gasteiger partial charge in [-0.2, -0.15) is 0 Å². The van der Waals surface area contributed by atoms with Gasteiger partial charge in [-0.25, -0.2) is 0 Å². The number of carbonyl (C=O) groups excluding carboxylic acids is 4. The molecule has 2 aromatic carbocycles. The zero-order chi connectivity index (χ0) is 29.9. The van der Waals surface area contributed by atoms with Crippen molar-refractivity contribution in [1.29, 1.82) is 0 Å². The van der Waals surface area contributed by atoms with Crippen LogP contribution in [-0.2, 0) is 19.2 Å². The van der Waals surface area contributed by atoms with Crippen molar-refractivity contribution in [2.75, 3.05) is 25.5 Å². The number of aliphatic carboxylic acids is 1. The number of nitrogens with two attached hydrogens (primary N) is 2. The molecule has 0 aliphatic carbocycles. The second kappa shape index (κ2) is 14.9. The first-order chi connectivity index (χ1) is 19.6. The minimum atomic E-state index is -1.40. The molecular weight excluding hydrogens is 570 g/mol. The molecule has 0 aromatic heterocycles. The third-order valence-corrected chi connectivity index (χ3v) is 8.44. The molecule has 2 atom stereocenters. The van der Waals surface area contributed by atoms with Crippen molar-refractivity contribution >= 4 is 62.8 Å². The average molecular weight is 602 g/mol. The fourth-order valence-electron chi connectivity index (χ4n) is 3.91. The predicted molar refractivity (Wildman–Crippen MR) is 156 cm³/mol. The van der Waals surface area contributed by atoms with E-state index >= 15 is 0 Å². The summed E-state index contributed by atoms with van der Waals surface area (Å²) in [6.07, 6.45) is -0.120. The Morgan fingerprint density at radius 2 is 1.68 bits per heavy atom. The van der Waals surface area contributed by atoms with Crippen LogP contribution in [0.25, 0.3) is 0 Å². The van der Waals surface area contributed by atoms with Crippen LogP contribution in [0.5, 0.6) is 0 Å². The molecule has 15 heteroatoms. The van der Waals surface area contributed by atoms with Crippen LogP contribution in [0.1, 0.15) is 29.6 Å². The van der Waals surface area contributed by atoms with Crippen LogP contribution >= 0.6 is 21.6 Å². The molecule has 0 saturated carbocycles. The Bertz CT molecular complexity index is 1330. The predicted octanol–water partition coefficient (Wildman–Crippen LogP) is 1.01. The highest BCUT2D eigenvalue weighted by Gasteiger charge is 2.30. The number of likely N-dealkylation sites (N-methyl/N-ethyl adjacent to an activating group) is 1. The van der Waals surface area contributed by atoms with Gasteiger partial charge in [0.15, 0.2) is 5.96 Å². The molecule has 41 heavy (non-hydrogen) atoms. The van der Waals surface area contributed by atoms with Gasteiger partial charge in [0.1, 0.15) is 12.1 Å². The molecule has 1 aliphatic rings. The van der Waals surface area contributed by atoms with Gasteiger partial charge in [-0.3, -0.25) is 29.0 Å². The maximum absolute atomic E-state index is 13.6. The number of nitrogens with zero attached hydrogens (tertiary/aromatic N) is 2. The normalized spacial score (nSPS) is 18.6. The maximum Gasteiger partial charge on any atom is 0.305 e. The summed E-state index contributed by atoms with van der Waals surface area (Å²) >= 11 is 0. The molecule has 0 bridgehead atoms. The van der Waals surface area contributed by atoms with Crippen LogP contribution in [0.4, 0.5) is 5.69 Å². The molecule has 218 valence electrons. The third kappa shape index (κ3) is 9.14. The van der Waals surface area contributed by atoms with Gasteiger partial charge in [0, 0.05) is 23.4 Å². The van der Waals surface area contributed by atoms with Crippen LogP contribution in [0.3, 0.4) is 0 Å². The highest BCUT2D eigenvalue weighted by atomic mass is 33.1. The smallest absolute Gasteiger partial charge is 0.305 e. The number of para-hydroxylation sites is 1. The van der Waals surface area contributed by atoms with E-state index in [9.17, 15) is 29.1 Å². The summed E-state index contributed by atoms with van der Waals surface area (Å²) in [4.78, 5) is 70.5. The number of carbonyl (C=O) groups is 5. The van der Waals surface area contributed by atoms with Crippen molar-refractivity contribution in [3.05, 3.63) is 54.1 Å². The summed E-state index contributed by atoms with van der Waals surface area (Å²) in [7, 11) is 4.06. The van der Waals surface area contributed by atoms with Crippen molar-refractivity contribution in [2.45, 2.75) is 41.1 Å². The number of carboxylic acids is 1. The molecule has 3 rings (SSSR count). The average Bonchev–Trinajstić information content (AvgIpc) is 2.93. The summed E-state index contributed by atoms with van der Waals surface area (Å²) in [6, 6.07) is 11.4. The first kappa shape index (κ1) is 31.3. The largest absolute Gasteiger partial charge is 0.481 e. The zero-order valence-electron chi connectivity index (χ0n) is 22.2. The number of anilines is 1. The van der Waals surface area contributed by atoms with Crippen LogP contribution in [0.15, 0.2) is 63.3 Å². The van der Waals surface area contributed by atoms with Crippen LogP contribution in [0, 0.1) is 0 Å². The maximum atomic E-state index is 13.6. The van der Waals surface area contributed by atoms with E-state index < -0.39 is 54.6 Å². The molecule has 0 unspecified atom stereocenters. The summed E-state index contributed by atoms with van der Waals surface area (Å²) < 4.78 is 0. The lowest BCUT2D eigenvalue weighted by Crippen LogP contribution is -2.52. The van der Waals surface area contributed by atoms with E-state index in [4.69, 9.17) is 11.5 Å². The Morgan fingerprint density at radius 3 is 2.39 bits per heavy atom. The number of guanidine groups is 1. The molecule has 0 radical (unpaired) electrons. The second-order valence-corrected chi connectivity index (χ2v) is 11.2. The lowest BCUT2D eigenvalue weighted by atomic mass is 10.1. The Balaban J connectivity index is 1.99. The number of fused-ring (bicyclic) bond motifs is 2. The Morgan fingerprint density at radius 1 is 1.02 bits per heavy atom. The molecule has 0 saturated heterocycles. The minimum Gasteiger partial charge on any atom is -0.481 e. The van der Waals surface area contributed by atoms with Crippen molar-refractivity contribution in [3.63, 3.8) is 0 Å².